The maximum Gasteiger partial charge on any atom is 0.142 e. The third-order valence-corrected chi connectivity index (χ3v) is 6.12. The minimum Gasteiger partial charge on any atom is -0.383 e. The van der Waals surface area contributed by atoms with Gasteiger partial charge in [0.2, 0.25) is 0 Å². The quantitative estimate of drug-likeness (QED) is 0.625. The van der Waals surface area contributed by atoms with Crippen molar-refractivity contribution in [2.45, 2.75) is 40.2 Å². The summed E-state index contributed by atoms with van der Waals surface area (Å²) in [4.78, 5) is 4.42. The molecule has 2 heterocycles. The zero-order valence-corrected chi connectivity index (χ0v) is 17.6. The molecule has 0 amide bonds. The van der Waals surface area contributed by atoms with Crippen LogP contribution < -0.4 is 5.73 Å². The summed E-state index contributed by atoms with van der Waals surface area (Å²) in [6.45, 7) is 8.20. The third-order valence-electron chi connectivity index (χ3n) is 6.12. The lowest BCUT2D eigenvalue weighted by atomic mass is 9.95. The van der Waals surface area contributed by atoms with E-state index in [-0.39, 0.29) is 5.82 Å². The Balaban J connectivity index is 2.03. The lowest BCUT2D eigenvalue weighted by Crippen LogP contribution is -2.03. The van der Waals surface area contributed by atoms with E-state index in [4.69, 9.17) is 5.73 Å². The van der Waals surface area contributed by atoms with Crippen LogP contribution in [0.15, 0.2) is 36.0 Å². The highest BCUT2D eigenvalue weighted by molar-refractivity contribution is 6.10. The number of benzene rings is 1. The molecule has 0 aliphatic heterocycles. The first kappa shape index (κ1) is 19.5. The minimum atomic E-state index is 0.170. The average molecular weight is 393 g/mol. The number of nitrogens with zero attached hydrogens (tertiary/aromatic N) is 4. The van der Waals surface area contributed by atoms with Crippen LogP contribution in [0.3, 0.4) is 0 Å². The molecular weight excluding hydrogens is 370 g/mol. The Bertz CT molecular complexity index is 1340. The summed E-state index contributed by atoms with van der Waals surface area (Å²) in [5.41, 5.74) is 13.1. The molecule has 0 bridgehead atoms. The van der Waals surface area contributed by atoms with E-state index in [1.807, 2.05) is 19.9 Å². The van der Waals surface area contributed by atoms with E-state index >= 15 is 0 Å². The first-order valence-electron chi connectivity index (χ1n) is 10.1. The highest BCUT2D eigenvalue weighted by Gasteiger charge is 2.30. The number of hydrogen-bond acceptors (Lipinski definition) is 4. The Labute approximate surface area is 176 Å². The second-order valence-corrected chi connectivity index (χ2v) is 7.77. The van der Waals surface area contributed by atoms with E-state index in [0.29, 0.717) is 22.9 Å². The fourth-order valence-electron chi connectivity index (χ4n) is 4.26. The summed E-state index contributed by atoms with van der Waals surface area (Å²) in [5, 5.41) is 20.5. The number of fused-ring (bicyclic) bond motifs is 2. The zero-order valence-electron chi connectivity index (χ0n) is 17.6. The third kappa shape index (κ3) is 2.71. The summed E-state index contributed by atoms with van der Waals surface area (Å²) in [5.74, 6) is 0.170. The van der Waals surface area contributed by atoms with Crippen molar-refractivity contribution in [1.29, 1.82) is 10.5 Å². The second kappa shape index (κ2) is 7.21. The zero-order chi connectivity index (χ0) is 21.6. The highest BCUT2D eigenvalue weighted by Crippen LogP contribution is 2.44. The van der Waals surface area contributed by atoms with Crippen molar-refractivity contribution in [2.75, 3.05) is 5.73 Å². The Morgan fingerprint density at radius 2 is 1.93 bits per heavy atom. The molecule has 0 saturated heterocycles. The van der Waals surface area contributed by atoms with Gasteiger partial charge in [-0.15, -0.1) is 0 Å². The molecule has 1 atom stereocenters. The van der Waals surface area contributed by atoms with Gasteiger partial charge in [-0.25, -0.2) is 4.98 Å². The summed E-state index contributed by atoms with van der Waals surface area (Å²) in [6.07, 6.45) is 5.32. The summed E-state index contributed by atoms with van der Waals surface area (Å²) >= 11 is 0. The summed E-state index contributed by atoms with van der Waals surface area (Å²) in [7, 11) is 0. The van der Waals surface area contributed by atoms with Crippen molar-refractivity contribution in [3.8, 4) is 12.1 Å². The largest absolute Gasteiger partial charge is 0.383 e. The molecule has 1 aliphatic carbocycles. The molecule has 1 aromatic carbocycles. The van der Waals surface area contributed by atoms with Gasteiger partial charge in [-0.1, -0.05) is 25.1 Å². The van der Waals surface area contributed by atoms with Crippen molar-refractivity contribution in [2.24, 2.45) is 0 Å². The van der Waals surface area contributed by atoms with Gasteiger partial charge in [0.1, 0.15) is 18.0 Å². The van der Waals surface area contributed by atoms with Crippen LogP contribution in [0.4, 0.5) is 5.82 Å². The van der Waals surface area contributed by atoms with Crippen LogP contribution in [0.2, 0.25) is 0 Å². The monoisotopic (exact) mass is 393 g/mol. The van der Waals surface area contributed by atoms with Crippen LogP contribution in [0.5, 0.6) is 0 Å². The molecule has 4 rings (SSSR count). The van der Waals surface area contributed by atoms with Gasteiger partial charge < -0.3 is 10.3 Å². The molecule has 0 saturated carbocycles. The van der Waals surface area contributed by atoms with Gasteiger partial charge in [-0.2, -0.15) is 10.5 Å². The number of aromatic nitrogens is 2. The Morgan fingerprint density at radius 3 is 2.60 bits per heavy atom. The van der Waals surface area contributed by atoms with Gasteiger partial charge >= 0.3 is 0 Å². The van der Waals surface area contributed by atoms with E-state index in [1.165, 1.54) is 5.52 Å². The van der Waals surface area contributed by atoms with E-state index in [1.54, 1.807) is 0 Å². The fourth-order valence-corrected chi connectivity index (χ4v) is 4.26. The summed E-state index contributed by atoms with van der Waals surface area (Å²) < 4.78 is 2.30. The molecule has 0 radical (unpaired) electrons. The van der Waals surface area contributed by atoms with Gasteiger partial charge in [0.05, 0.1) is 16.8 Å². The van der Waals surface area contributed by atoms with Crippen molar-refractivity contribution >= 4 is 33.9 Å². The number of nitrogens with two attached hydrogens (primary N) is 1. The molecule has 0 unspecified atom stereocenters. The van der Waals surface area contributed by atoms with E-state index in [9.17, 15) is 10.5 Å². The van der Waals surface area contributed by atoms with Crippen molar-refractivity contribution < 1.29 is 0 Å². The van der Waals surface area contributed by atoms with E-state index in [0.717, 1.165) is 39.6 Å². The molecule has 0 spiro atoms. The van der Waals surface area contributed by atoms with Crippen LogP contribution in [0.25, 0.3) is 28.1 Å². The molecule has 5 nitrogen and oxygen atoms in total. The molecule has 3 aromatic rings. The molecule has 5 heteroatoms. The maximum absolute atomic E-state index is 9.77. The standard InChI is InChI=1S/C25H23N5/c1-5-14(2)30-13-17(18-8-6-7-9-22(18)30)10-19-15(3)20(11-26)24-23(19)16(4)21(12-27)25(28)29-24/h6-10,13-14H,5H2,1-4H3,(H2,28,29)/b19-10-/t14-/m1/s1. The molecule has 1 aliphatic rings. The van der Waals surface area contributed by atoms with Crippen LogP contribution in [-0.4, -0.2) is 9.55 Å². The number of nitrogen functional groups attached to an aromatic ring is 1. The highest BCUT2D eigenvalue weighted by atomic mass is 15.0. The predicted octanol–water partition coefficient (Wildman–Crippen LogP) is 5.62. The first-order chi connectivity index (χ1) is 14.4. The number of para-hydroxylation sites is 1. The van der Waals surface area contributed by atoms with E-state index < -0.39 is 0 Å². The Morgan fingerprint density at radius 1 is 1.20 bits per heavy atom. The van der Waals surface area contributed by atoms with Crippen LogP contribution >= 0.6 is 0 Å². The lowest BCUT2D eigenvalue weighted by molar-refractivity contribution is 0.548. The molecule has 148 valence electrons. The van der Waals surface area contributed by atoms with E-state index in [2.05, 4.69) is 66.0 Å². The maximum atomic E-state index is 9.77. The summed E-state index contributed by atoms with van der Waals surface area (Å²) in [6, 6.07) is 13.2. The van der Waals surface area contributed by atoms with Crippen LogP contribution in [-0.2, 0) is 0 Å². The number of hydrogen-bond donors (Lipinski definition) is 1. The Kier molecular flexibility index (Phi) is 4.68. The van der Waals surface area contributed by atoms with Crippen LogP contribution in [0, 0.1) is 29.6 Å². The molecular formula is C25H23N5. The number of pyridine rings is 1. The fraction of sp³-hybridized carbons (Fsp3) is 0.240. The Hall–Kier alpha value is -3.83. The predicted molar refractivity (Wildman–Crippen MR) is 121 cm³/mol. The van der Waals surface area contributed by atoms with Crippen molar-refractivity contribution in [3.05, 3.63) is 64.0 Å². The SMILES string of the molecule is CC[C@@H](C)n1cc(/C=C2/C(C)=C(C#N)c3nc(N)c(C#N)c(C)c32)c2ccccc21. The normalized spacial score (nSPS) is 15.3. The number of anilines is 1. The second-order valence-electron chi connectivity index (χ2n) is 7.77. The van der Waals surface area contributed by atoms with Gasteiger partial charge in [0, 0.05) is 34.3 Å². The molecule has 2 N–H and O–H groups in total. The van der Waals surface area contributed by atoms with Crippen LogP contribution in [0.1, 0.15) is 61.2 Å². The van der Waals surface area contributed by atoms with Crippen molar-refractivity contribution in [1.82, 2.24) is 9.55 Å². The average Bonchev–Trinajstić information content (AvgIpc) is 3.23. The smallest absolute Gasteiger partial charge is 0.142 e. The topological polar surface area (TPSA) is 91.4 Å². The number of nitriles is 2. The number of allylic oxidation sites excluding steroid dienone is 3. The van der Waals surface area contributed by atoms with Crippen molar-refractivity contribution in [3.63, 3.8) is 0 Å². The van der Waals surface area contributed by atoms with Gasteiger partial charge in [0.15, 0.2) is 0 Å². The molecule has 2 aromatic heterocycles. The first-order valence-corrected chi connectivity index (χ1v) is 10.1. The van der Waals surface area contributed by atoms with Gasteiger partial charge in [-0.3, -0.25) is 0 Å². The molecule has 30 heavy (non-hydrogen) atoms. The number of rotatable bonds is 3. The lowest BCUT2D eigenvalue weighted by Gasteiger charge is -2.12. The molecule has 0 fully saturated rings. The van der Waals surface area contributed by atoms with Gasteiger partial charge in [0.25, 0.3) is 0 Å². The van der Waals surface area contributed by atoms with Gasteiger partial charge in [-0.05, 0) is 56.0 Å². The minimum absolute atomic E-state index is 0.170.